The van der Waals surface area contributed by atoms with E-state index in [0.29, 0.717) is 5.75 Å². The van der Waals surface area contributed by atoms with Crippen molar-refractivity contribution in [3.8, 4) is 23.0 Å². The van der Waals surface area contributed by atoms with Gasteiger partial charge in [-0.05, 0) is 36.4 Å². The number of methoxy groups -OCH3 is 1. The highest BCUT2D eigenvalue weighted by atomic mass is 32.2. The SMILES string of the molecule is COc1ccc(S(=O)(=O)C2CNCC2Oc2ncccc2-c2noc(C(F)(F)F)n2)cc1. The van der Waals surface area contributed by atoms with Gasteiger partial charge >= 0.3 is 12.1 Å². The van der Waals surface area contributed by atoms with Crippen LogP contribution >= 0.6 is 0 Å². The van der Waals surface area contributed by atoms with E-state index in [9.17, 15) is 21.6 Å². The summed E-state index contributed by atoms with van der Waals surface area (Å²) in [6.45, 7) is 0.317. The Hall–Kier alpha value is -3.19. The molecule has 32 heavy (non-hydrogen) atoms. The Morgan fingerprint density at radius 2 is 1.91 bits per heavy atom. The number of hydrogen-bond acceptors (Lipinski definition) is 9. The van der Waals surface area contributed by atoms with Crippen molar-refractivity contribution in [2.75, 3.05) is 20.2 Å². The van der Waals surface area contributed by atoms with Crippen molar-refractivity contribution in [3.05, 3.63) is 48.5 Å². The maximum Gasteiger partial charge on any atom is 0.471 e. The van der Waals surface area contributed by atoms with Crippen molar-refractivity contribution in [1.29, 1.82) is 0 Å². The van der Waals surface area contributed by atoms with Crippen molar-refractivity contribution >= 4 is 9.84 Å². The second kappa shape index (κ2) is 8.39. The average molecular weight is 470 g/mol. The van der Waals surface area contributed by atoms with E-state index in [0.717, 1.165) is 0 Å². The molecule has 0 aliphatic carbocycles. The predicted molar refractivity (Wildman–Crippen MR) is 104 cm³/mol. The molecule has 0 amide bonds. The highest BCUT2D eigenvalue weighted by Crippen LogP contribution is 2.33. The molecule has 2 aromatic heterocycles. The van der Waals surface area contributed by atoms with Crippen LogP contribution in [0.4, 0.5) is 13.2 Å². The minimum absolute atomic E-state index is 0.0410. The van der Waals surface area contributed by atoms with Crippen molar-refractivity contribution in [2.45, 2.75) is 22.4 Å². The monoisotopic (exact) mass is 470 g/mol. The maximum atomic E-state index is 13.2. The minimum Gasteiger partial charge on any atom is -0.497 e. The Bertz CT molecular complexity index is 1200. The van der Waals surface area contributed by atoms with E-state index in [2.05, 4.69) is 25.0 Å². The standard InChI is InChI=1S/C19H17F3N4O5S/c1-29-11-4-6-12(7-5-11)32(27,28)15-10-23-9-14(15)30-17-13(3-2-8-24-17)16-25-18(31-26-16)19(20,21)22/h2-8,14-15,23H,9-10H2,1H3. The van der Waals surface area contributed by atoms with E-state index >= 15 is 0 Å². The van der Waals surface area contributed by atoms with Crippen molar-refractivity contribution in [3.63, 3.8) is 0 Å². The fraction of sp³-hybridized carbons (Fsp3) is 0.316. The Labute approximate surface area is 180 Å². The van der Waals surface area contributed by atoms with Gasteiger partial charge in [-0.1, -0.05) is 5.16 Å². The van der Waals surface area contributed by atoms with Crippen LogP contribution in [0, 0.1) is 0 Å². The molecule has 4 rings (SSSR count). The van der Waals surface area contributed by atoms with Crippen molar-refractivity contribution in [1.82, 2.24) is 20.4 Å². The number of aromatic nitrogens is 3. The van der Waals surface area contributed by atoms with Gasteiger partial charge in [0.15, 0.2) is 9.84 Å². The summed E-state index contributed by atoms with van der Waals surface area (Å²) in [5.74, 6) is -1.48. The zero-order valence-corrected chi connectivity index (χ0v) is 17.4. The van der Waals surface area contributed by atoms with Crippen LogP contribution in [0.2, 0.25) is 0 Å². The third kappa shape index (κ3) is 4.25. The van der Waals surface area contributed by atoms with Gasteiger partial charge < -0.3 is 19.3 Å². The molecule has 1 aromatic carbocycles. The lowest BCUT2D eigenvalue weighted by Crippen LogP contribution is -2.37. The molecule has 0 bridgehead atoms. The number of sulfone groups is 1. The molecule has 1 fully saturated rings. The molecule has 9 nitrogen and oxygen atoms in total. The first kappa shape index (κ1) is 22.0. The van der Waals surface area contributed by atoms with Gasteiger partial charge in [0.25, 0.3) is 0 Å². The van der Waals surface area contributed by atoms with Gasteiger partial charge in [-0.2, -0.15) is 18.2 Å². The third-order valence-corrected chi connectivity index (χ3v) is 7.03. The van der Waals surface area contributed by atoms with Crippen LogP contribution in [0.15, 0.2) is 52.0 Å². The summed E-state index contributed by atoms with van der Waals surface area (Å²) in [4.78, 5) is 7.48. The van der Waals surface area contributed by atoms with Gasteiger partial charge in [0.1, 0.15) is 17.1 Å². The molecule has 170 valence electrons. The number of benzene rings is 1. The van der Waals surface area contributed by atoms with Gasteiger partial charge in [-0.25, -0.2) is 13.4 Å². The van der Waals surface area contributed by atoms with Gasteiger partial charge in [0.2, 0.25) is 11.7 Å². The van der Waals surface area contributed by atoms with Crippen LogP contribution in [0.25, 0.3) is 11.4 Å². The average Bonchev–Trinajstić information content (AvgIpc) is 3.44. The summed E-state index contributed by atoms with van der Waals surface area (Å²) in [6.07, 6.45) is -4.30. The molecular weight excluding hydrogens is 453 g/mol. The lowest BCUT2D eigenvalue weighted by Gasteiger charge is -2.21. The Balaban J connectivity index is 1.61. The summed E-state index contributed by atoms with van der Waals surface area (Å²) in [7, 11) is -2.32. The first-order chi connectivity index (χ1) is 15.2. The zero-order chi connectivity index (χ0) is 22.9. The molecule has 3 heterocycles. The smallest absolute Gasteiger partial charge is 0.471 e. The van der Waals surface area contributed by atoms with Crippen LogP contribution in [0.1, 0.15) is 5.89 Å². The van der Waals surface area contributed by atoms with Crippen molar-refractivity contribution < 1.29 is 35.6 Å². The summed E-state index contributed by atoms with van der Waals surface area (Å²) in [6, 6.07) is 8.82. The molecule has 1 saturated heterocycles. The molecule has 13 heteroatoms. The van der Waals surface area contributed by atoms with Crippen LogP contribution in [-0.2, 0) is 16.0 Å². The highest BCUT2D eigenvalue weighted by Gasteiger charge is 2.41. The predicted octanol–water partition coefficient (Wildman–Crippen LogP) is 2.35. The van der Waals surface area contributed by atoms with Gasteiger partial charge in [-0.3, -0.25) is 0 Å². The molecular formula is C19H17F3N4O5S. The molecule has 3 aromatic rings. The van der Waals surface area contributed by atoms with E-state index in [1.165, 1.54) is 49.7 Å². The van der Waals surface area contributed by atoms with Crippen LogP contribution in [0.3, 0.4) is 0 Å². The Kier molecular flexibility index (Phi) is 5.77. The fourth-order valence-corrected chi connectivity index (χ4v) is 5.00. The van der Waals surface area contributed by atoms with Crippen LogP contribution in [-0.4, -0.2) is 55.1 Å². The van der Waals surface area contributed by atoms with E-state index in [-0.39, 0.29) is 35.3 Å². The summed E-state index contributed by atoms with van der Waals surface area (Å²) in [5, 5.41) is 5.36. The first-order valence-corrected chi connectivity index (χ1v) is 10.9. The quantitative estimate of drug-likeness (QED) is 0.579. The molecule has 1 aliphatic rings. The largest absolute Gasteiger partial charge is 0.497 e. The molecule has 2 atom stereocenters. The number of pyridine rings is 1. The zero-order valence-electron chi connectivity index (χ0n) is 16.5. The highest BCUT2D eigenvalue weighted by molar-refractivity contribution is 7.92. The molecule has 1 aliphatic heterocycles. The van der Waals surface area contributed by atoms with Crippen LogP contribution in [0.5, 0.6) is 11.6 Å². The molecule has 0 spiro atoms. The normalized spacial score (nSPS) is 19.1. The molecule has 1 N–H and O–H groups in total. The second-order valence-corrected chi connectivity index (χ2v) is 9.02. The van der Waals surface area contributed by atoms with Gasteiger partial charge in [0, 0.05) is 19.3 Å². The number of nitrogens with zero attached hydrogens (tertiary/aromatic N) is 3. The second-order valence-electron chi connectivity index (χ2n) is 6.85. The Morgan fingerprint density at radius 1 is 1.16 bits per heavy atom. The minimum atomic E-state index is -4.80. The van der Waals surface area contributed by atoms with Crippen molar-refractivity contribution in [2.24, 2.45) is 0 Å². The number of ether oxygens (including phenoxy) is 2. The van der Waals surface area contributed by atoms with Gasteiger partial charge in [0.05, 0.1) is 17.6 Å². The van der Waals surface area contributed by atoms with E-state index in [4.69, 9.17) is 9.47 Å². The fourth-order valence-electron chi connectivity index (χ4n) is 3.24. The van der Waals surface area contributed by atoms with E-state index in [1.807, 2.05) is 0 Å². The number of rotatable bonds is 6. The van der Waals surface area contributed by atoms with E-state index < -0.39 is 33.3 Å². The number of nitrogens with one attached hydrogen (secondary N) is 1. The number of halogens is 3. The molecule has 2 unspecified atom stereocenters. The first-order valence-electron chi connectivity index (χ1n) is 9.32. The lowest BCUT2D eigenvalue weighted by atomic mass is 10.2. The summed E-state index contributed by atoms with van der Waals surface area (Å²) in [5.41, 5.74) is 0.0410. The topological polar surface area (TPSA) is 116 Å². The number of alkyl halides is 3. The maximum absolute atomic E-state index is 13.2. The molecule has 0 saturated carbocycles. The van der Waals surface area contributed by atoms with E-state index in [1.54, 1.807) is 0 Å². The summed E-state index contributed by atoms with van der Waals surface area (Å²) < 4.78 is 79.9. The number of hydrogen-bond donors (Lipinski definition) is 1. The molecule has 0 radical (unpaired) electrons. The third-order valence-electron chi connectivity index (χ3n) is 4.84. The van der Waals surface area contributed by atoms with Crippen LogP contribution < -0.4 is 14.8 Å². The Morgan fingerprint density at radius 3 is 2.56 bits per heavy atom. The lowest BCUT2D eigenvalue weighted by molar-refractivity contribution is -0.159. The summed E-state index contributed by atoms with van der Waals surface area (Å²) >= 11 is 0. The van der Waals surface area contributed by atoms with Gasteiger partial charge in [-0.15, -0.1) is 0 Å².